The van der Waals surface area contributed by atoms with Crippen LogP contribution in [0.1, 0.15) is 83.8 Å². The van der Waals surface area contributed by atoms with Crippen LogP contribution in [0.3, 0.4) is 0 Å². The Bertz CT molecular complexity index is 2810. The number of para-hydroxylation sites is 4. The van der Waals surface area contributed by atoms with E-state index in [1.54, 1.807) is 0 Å². The van der Waals surface area contributed by atoms with E-state index >= 15 is 0 Å². The van der Waals surface area contributed by atoms with Crippen LogP contribution in [0.25, 0.3) is 76.8 Å². The zero-order valence-corrected chi connectivity index (χ0v) is 34.6. The molecule has 4 unspecified atom stereocenters. The van der Waals surface area contributed by atoms with Crippen LogP contribution in [0.4, 0.5) is 0 Å². The number of esters is 1. The number of carbonyl (C=O) groups excluding carboxylic acids is 1. The minimum atomic E-state index is -0.404. The highest BCUT2D eigenvalue weighted by molar-refractivity contribution is 6.13. The second-order valence-corrected chi connectivity index (χ2v) is 17.6. The quantitative estimate of drug-likeness (QED) is 0.0626. The summed E-state index contributed by atoms with van der Waals surface area (Å²) in [6, 6.07) is 48.7. The average molecular weight is 788 g/mol. The van der Waals surface area contributed by atoms with Gasteiger partial charge in [-0.25, -0.2) is 0 Å². The van der Waals surface area contributed by atoms with Gasteiger partial charge in [0.1, 0.15) is 0 Å². The van der Waals surface area contributed by atoms with Gasteiger partial charge in [-0.2, -0.15) is 0 Å². The van der Waals surface area contributed by atoms with Crippen molar-refractivity contribution in [2.75, 3.05) is 0 Å². The molecule has 0 saturated heterocycles. The van der Waals surface area contributed by atoms with Gasteiger partial charge in [0.15, 0.2) is 6.23 Å². The van der Waals surface area contributed by atoms with E-state index in [2.05, 4.69) is 166 Å². The molecular weight excluding hydrogens is 735 g/mol. The summed E-state index contributed by atoms with van der Waals surface area (Å²) < 4.78 is 14.0. The fourth-order valence-corrected chi connectivity index (χ4v) is 11.0. The predicted octanol–water partition coefficient (Wildman–Crippen LogP) is 14.8. The van der Waals surface area contributed by atoms with Crippen LogP contribution in [-0.4, -0.2) is 19.7 Å². The van der Waals surface area contributed by atoms with Crippen molar-refractivity contribution in [2.24, 2.45) is 17.8 Å². The van der Waals surface area contributed by atoms with Crippen molar-refractivity contribution in [3.63, 3.8) is 0 Å². The van der Waals surface area contributed by atoms with Crippen molar-refractivity contribution in [3.05, 3.63) is 146 Å². The monoisotopic (exact) mass is 787 g/mol. The van der Waals surface area contributed by atoms with Crippen LogP contribution in [0.2, 0.25) is 0 Å². The van der Waals surface area contributed by atoms with Crippen LogP contribution in [0, 0.1) is 17.8 Å². The molecule has 2 bridgehead atoms. The maximum atomic E-state index is 14.3. The lowest BCUT2D eigenvalue weighted by atomic mass is 9.94. The van der Waals surface area contributed by atoms with Gasteiger partial charge in [0, 0.05) is 50.1 Å². The first-order valence-electron chi connectivity index (χ1n) is 22.6. The number of ether oxygens (including phenoxy) is 1. The van der Waals surface area contributed by atoms with Crippen molar-refractivity contribution in [1.82, 2.24) is 13.7 Å². The number of carbonyl (C=O) groups is 1. The summed E-state index contributed by atoms with van der Waals surface area (Å²) in [7, 11) is 0. The van der Waals surface area contributed by atoms with E-state index in [-0.39, 0.29) is 11.9 Å². The van der Waals surface area contributed by atoms with Gasteiger partial charge in [0.05, 0.1) is 39.0 Å². The van der Waals surface area contributed by atoms with Gasteiger partial charge in [-0.3, -0.25) is 4.79 Å². The van der Waals surface area contributed by atoms with E-state index in [9.17, 15) is 4.79 Å². The maximum absolute atomic E-state index is 14.3. The minimum Gasteiger partial charge on any atom is -0.441 e. The number of unbranched alkanes of at least 4 members (excludes halogenated alkanes) is 7. The molecule has 0 radical (unpaired) electrons. The molecule has 0 spiro atoms. The van der Waals surface area contributed by atoms with Gasteiger partial charge in [0.2, 0.25) is 0 Å². The number of nitrogens with zero attached hydrogens (tertiary/aromatic N) is 3. The van der Waals surface area contributed by atoms with E-state index in [0.717, 1.165) is 65.3 Å². The Morgan fingerprint density at radius 3 is 1.45 bits per heavy atom. The Hall–Kier alpha value is -6.07. The van der Waals surface area contributed by atoms with Gasteiger partial charge < -0.3 is 18.4 Å². The lowest BCUT2D eigenvalue weighted by Crippen LogP contribution is -2.26. The van der Waals surface area contributed by atoms with Crippen LogP contribution in [0.5, 0.6) is 0 Å². The smallest absolute Gasteiger partial charge is 0.311 e. The topological polar surface area (TPSA) is 41.1 Å². The molecule has 1 saturated carbocycles. The SMILES string of the molecule is CCCCCCCCCCC(OC(=O)C1CC2C=CC1C2)n1c2ccc(-n3c4ccccc4c4ccccc43)cc2c2cc(-n3c4ccccc4c4ccccc43)ccc21. The number of rotatable bonds is 14. The Labute approximate surface area is 351 Å². The third-order valence-electron chi connectivity index (χ3n) is 13.9. The van der Waals surface area contributed by atoms with Crippen molar-refractivity contribution >= 4 is 71.4 Å². The zero-order valence-electron chi connectivity index (χ0n) is 34.6. The van der Waals surface area contributed by atoms with Gasteiger partial charge in [0.25, 0.3) is 0 Å². The van der Waals surface area contributed by atoms with Gasteiger partial charge in [-0.15, -0.1) is 0 Å². The van der Waals surface area contributed by atoms with E-state index in [4.69, 9.17) is 4.74 Å². The largest absolute Gasteiger partial charge is 0.441 e. The predicted molar refractivity (Wildman–Crippen MR) is 249 cm³/mol. The Balaban J connectivity index is 1.08. The number of hydrogen-bond acceptors (Lipinski definition) is 2. The van der Waals surface area contributed by atoms with E-state index in [1.165, 1.54) is 82.1 Å². The Kier molecular flexibility index (Phi) is 9.56. The van der Waals surface area contributed by atoms with Crippen LogP contribution >= 0.6 is 0 Å². The molecule has 0 amide bonds. The first-order valence-corrected chi connectivity index (χ1v) is 22.6. The standard InChI is InChI=1S/C55H53N3O2/c1-2-3-4-5-6-7-8-9-26-54(60-55(59)45-34-37-27-28-38(45)33-37)58-52-31-29-39(56-48-22-14-10-18-41(48)42-19-11-15-23-49(42)56)35-46(52)47-36-40(30-32-53(47)58)57-50-24-16-12-20-43(50)44-21-13-17-25-51(44)57/h10-25,27-32,35-38,45,54H,2-9,26,33-34H2,1H3. The molecule has 60 heavy (non-hydrogen) atoms. The van der Waals surface area contributed by atoms with Crippen molar-refractivity contribution in [1.29, 1.82) is 0 Å². The first-order chi connectivity index (χ1) is 29.7. The number of benzene rings is 6. The normalized spacial score (nSPS) is 18.0. The fraction of sp³-hybridized carbons (Fsp3) is 0.291. The van der Waals surface area contributed by atoms with Crippen molar-refractivity contribution in [2.45, 2.75) is 83.8 Å². The third kappa shape index (κ3) is 6.24. The highest BCUT2D eigenvalue weighted by Crippen LogP contribution is 2.46. The van der Waals surface area contributed by atoms with Crippen LogP contribution in [0.15, 0.2) is 146 Å². The summed E-state index contributed by atoms with van der Waals surface area (Å²) >= 11 is 0. The van der Waals surface area contributed by atoms with Crippen molar-refractivity contribution < 1.29 is 9.53 Å². The first kappa shape index (κ1) is 37.0. The molecule has 2 aliphatic carbocycles. The average Bonchev–Trinajstić information content (AvgIpc) is 4.12. The summed E-state index contributed by atoms with van der Waals surface area (Å²) in [5.74, 6) is 0.714. The summed E-state index contributed by atoms with van der Waals surface area (Å²) in [4.78, 5) is 14.3. The summed E-state index contributed by atoms with van der Waals surface area (Å²) in [5.41, 5.74) is 9.18. The number of aromatic nitrogens is 3. The zero-order chi connectivity index (χ0) is 40.2. The van der Waals surface area contributed by atoms with E-state index in [1.807, 2.05) is 0 Å². The van der Waals surface area contributed by atoms with Crippen molar-refractivity contribution in [3.8, 4) is 11.4 Å². The van der Waals surface area contributed by atoms with Crippen LogP contribution < -0.4 is 0 Å². The molecule has 5 nitrogen and oxygen atoms in total. The Morgan fingerprint density at radius 1 is 0.533 bits per heavy atom. The number of fused-ring (bicyclic) bond motifs is 11. The number of allylic oxidation sites excluding steroid dienone is 2. The number of hydrogen-bond donors (Lipinski definition) is 0. The molecule has 11 rings (SSSR count). The second kappa shape index (κ2) is 15.5. The molecule has 6 aromatic carbocycles. The highest BCUT2D eigenvalue weighted by atomic mass is 16.6. The molecule has 3 heterocycles. The molecule has 1 fully saturated rings. The lowest BCUT2D eigenvalue weighted by molar-refractivity contribution is -0.160. The molecule has 0 aliphatic heterocycles. The summed E-state index contributed by atoms with van der Waals surface area (Å²) in [6.07, 6.45) is 16.8. The molecule has 0 N–H and O–H groups in total. The summed E-state index contributed by atoms with van der Waals surface area (Å²) in [6.45, 7) is 2.28. The maximum Gasteiger partial charge on any atom is 0.311 e. The highest BCUT2D eigenvalue weighted by Gasteiger charge is 2.41. The van der Waals surface area contributed by atoms with Gasteiger partial charge in [-0.1, -0.05) is 137 Å². The minimum absolute atomic E-state index is 0.0322. The molecule has 2 aliphatic rings. The molecule has 5 heteroatoms. The molecular formula is C55H53N3O2. The summed E-state index contributed by atoms with van der Waals surface area (Å²) in [5, 5.41) is 7.31. The Morgan fingerprint density at radius 2 is 1.00 bits per heavy atom. The molecule has 300 valence electrons. The van der Waals surface area contributed by atoms with Gasteiger partial charge in [-0.05, 0) is 91.8 Å². The molecule has 4 atom stereocenters. The van der Waals surface area contributed by atoms with Gasteiger partial charge >= 0.3 is 5.97 Å². The third-order valence-corrected chi connectivity index (χ3v) is 13.9. The molecule has 3 aromatic heterocycles. The van der Waals surface area contributed by atoms with E-state index in [0.29, 0.717) is 11.8 Å². The van der Waals surface area contributed by atoms with E-state index < -0.39 is 6.23 Å². The van der Waals surface area contributed by atoms with Crippen LogP contribution in [-0.2, 0) is 9.53 Å². The fourth-order valence-electron chi connectivity index (χ4n) is 11.0. The molecule has 9 aromatic rings. The lowest BCUT2D eigenvalue weighted by Gasteiger charge is -2.25. The second-order valence-electron chi connectivity index (χ2n) is 17.6.